The smallest absolute Gasteiger partial charge is 0.123 e. The van der Waals surface area contributed by atoms with Gasteiger partial charge in [-0.15, -0.1) is 0 Å². The molecule has 1 aromatic rings. The van der Waals surface area contributed by atoms with E-state index < -0.39 is 5.60 Å². The van der Waals surface area contributed by atoms with Crippen molar-refractivity contribution in [3.63, 3.8) is 0 Å². The van der Waals surface area contributed by atoms with E-state index >= 15 is 0 Å². The van der Waals surface area contributed by atoms with E-state index in [0.29, 0.717) is 0 Å². The van der Waals surface area contributed by atoms with Gasteiger partial charge in [0.25, 0.3) is 0 Å². The first-order valence-electron chi connectivity index (χ1n) is 5.61. The summed E-state index contributed by atoms with van der Waals surface area (Å²) < 4.78 is 13.1. The normalized spacial score (nSPS) is 31.5. The summed E-state index contributed by atoms with van der Waals surface area (Å²) in [6.45, 7) is 2.05. The van der Waals surface area contributed by atoms with E-state index in [1.165, 1.54) is 18.6 Å². The van der Waals surface area contributed by atoms with Gasteiger partial charge in [0.15, 0.2) is 0 Å². The fraction of sp³-hybridized carbons (Fsp3) is 0.538. The van der Waals surface area contributed by atoms with Gasteiger partial charge in [0.05, 0.1) is 5.60 Å². The van der Waals surface area contributed by atoms with E-state index in [9.17, 15) is 9.50 Å². The van der Waals surface area contributed by atoms with Crippen LogP contribution in [-0.4, -0.2) is 5.11 Å². The molecule has 0 radical (unpaired) electrons. The van der Waals surface area contributed by atoms with Crippen LogP contribution in [0.15, 0.2) is 24.3 Å². The lowest BCUT2D eigenvalue weighted by atomic mass is 9.72. The Morgan fingerprint density at radius 1 is 1.40 bits per heavy atom. The summed E-state index contributed by atoms with van der Waals surface area (Å²) >= 11 is 0. The van der Waals surface area contributed by atoms with Gasteiger partial charge in [0.2, 0.25) is 0 Å². The Labute approximate surface area is 89.9 Å². The SMILES string of the molecule is C[C@H]1CCCC[C@@]1(O)c1cccc(F)c1. The summed E-state index contributed by atoms with van der Waals surface area (Å²) in [6, 6.07) is 6.37. The molecular formula is C13H17FO. The molecule has 1 saturated carbocycles. The quantitative estimate of drug-likeness (QED) is 0.751. The zero-order valence-electron chi connectivity index (χ0n) is 9.04. The number of halogens is 1. The molecule has 1 N–H and O–H groups in total. The third-order valence-corrected chi connectivity index (χ3v) is 3.58. The van der Waals surface area contributed by atoms with E-state index in [1.54, 1.807) is 6.07 Å². The molecule has 0 aromatic heterocycles. The predicted octanol–water partition coefficient (Wildman–Crippen LogP) is 3.22. The molecule has 2 rings (SSSR count). The molecule has 0 unspecified atom stereocenters. The Morgan fingerprint density at radius 2 is 2.20 bits per heavy atom. The van der Waals surface area contributed by atoms with Crippen molar-refractivity contribution in [2.75, 3.05) is 0 Å². The van der Waals surface area contributed by atoms with Crippen LogP contribution >= 0.6 is 0 Å². The van der Waals surface area contributed by atoms with Crippen LogP contribution in [0.1, 0.15) is 38.2 Å². The van der Waals surface area contributed by atoms with Crippen molar-refractivity contribution >= 4 is 0 Å². The van der Waals surface area contributed by atoms with Gasteiger partial charge in [-0.3, -0.25) is 0 Å². The van der Waals surface area contributed by atoms with Crippen LogP contribution in [0.4, 0.5) is 4.39 Å². The van der Waals surface area contributed by atoms with Gasteiger partial charge in [-0.25, -0.2) is 4.39 Å². The summed E-state index contributed by atoms with van der Waals surface area (Å²) in [6.07, 6.45) is 3.96. The molecule has 0 bridgehead atoms. The van der Waals surface area contributed by atoms with Gasteiger partial charge in [0.1, 0.15) is 5.82 Å². The highest BCUT2D eigenvalue weighted by Crippen LogP contribution is 2.41. The standard InChI is InChI=1S/C13H17FO/c1-10-5-2-3-8-13(10,15)11-6-4-7-12(14)9-11/h4,6-7,9-10,15H,2-3,5,8H2,1H3/t10-,13-/m0/s1. The zero-order valence-corrected chi connectivity index (χ0v) is 9.04. The second-order valence-electron chi connectivity index (χ2n) is 4.58. The maximum Gasteiger partial charge on any atom is 0.123 e. The Kier molecular flexibility index (Phi) is 2.79. The van der Waals surface area contributed by atoms with Gasteiger partial charge in [-0.05, 0) is 36.5 Å². The fourth-order valence-electron chi connectivity index (χ4n) is 2.52. The van der Waals surface area contributed by atoms with Crippen molar-refractivity contribution in [3.05, 3.63) is 35.6 Å². The van der Waals surface area contributed by atoms with Crippen LogP contribution in [0, 0.1) is 11.7 Å². The molecule has 1 aliphatic carbocycles. The van der Waals surface area contributed by atoms with Crippen molar-refractivity contribution in [3.8, 4) is 0 Å². The van der Waals surface area contributed by atoms with Crippen molar-refractivity contribution in [2.24, 2.45) is 5.92 Å². The fourth-order valence-corrected chi connectivity index (χ4v) is 2.52. The molecule has 0 spiro atoms. The first-order valence-corrected chi connectivity index (χ1v) is 5.61. The minimum atomic E-state index is -0.819. The summed E-state index contributed by atoms with van der Waals surface area (Å²) in [4.78, 5) is 0. The number of aliphatic hydroxyl groups is 1. The lowest BCUT2D eigenvalue weighted by Gasteiger charge is -2.38. The lowest BCUT2D eigenvalue weighted by Crippen LogP contribution is -2.36. The number of hydrogen-bond donors (Lipinski definition) is 1. The number of benzene rings is 1. The molecule has 82 valence electrons. The second-order valence-corrected chi connectivity index (χ2v) is 4.58. The zero-order chi connectivity index (χ0) is 10.9. The number of hydrogen-bond acceptors (Lipinski definition) is 1. The molecule has 0 heterocycles. The molecule has 2 atom stereocenters. The Hall–Kier alpha value is -0.890. The van der Waals surface area contributed by atoms with E-state index in [2.05, 4.69) is 0 Å². The molecular weight excluding hydrogens is 191 g/mol. The third kappa shape index (κ3) is 1.91. The van der Waals surface area contributed by atoms with Crippen LogP contribution in [0.3, 0.4) is 0 Å². The van der Waals surface area contributed by atoms with Gasteiger partial charge in [-0.2, -0.15) is 0 Å². The largest absolute Gasteiger partial charge is 0.385 e. The van der Waals surface area contributed by atoms with Gasteiger partial charge in [-0.1, -0.05) is 31.9 Å². The first kappa shape index (κ1) is 10.6. The summed E-state index contributed by atoms with van der Waals surface area (Å²) in [5.74, 6) is -0.0493. The first-order chi connectivity index (χ1) is 7.13. The second kappa shape index (κ2) is 3.93. The third-order valence-electron chi connectivity index (χ3n) is 3.58. The molecule has 2 heteroatoms. The van der Waals surface area contributed by atoms with Gasteiger partial charge >= 0.3 is 0 Å². The Bertz CT molecular complexity index is 350. The minimum Gasteiger partial charge on any atom is -0.385 e. The van der Waals surface area contributed by atoms with E-state index in [-0.39, 0.29) is 11.7 Å². The topological polar surface area (TPSA) is 20.2 Å². The summed E-state index contributed by atoms with van der Waals surface area (Å²) in [7, 11) is 0. The highest BCUT2D eigenvalue weighted by Gasteiger charge is 2.37. The van der Waals surface area contributed by atoms with Crippen molar-refractivity contribution in [2.45, 2.75) is 38.2 Å². The Balaban J connectivity index is 2.34. The summed E-state index contributed by atoms with van der Waals surface area (Å²) in [5, 5.41) is 10.6. The van der Waals surface area contributed by atoms with Crippen LogP contribution in [-0.2, 0) is 5.60 Å². The summed E-state index contributed by atoms with van der Waals surface area (Å²) in [5.41, 5.74) is -0.0879. The highest BCUT2D eigenvalue weighted by molar-refractivity contribution is 5.24. The van der Waals surface area contributed by atoms with Gasteiger partial charge in [0, 0.05) is 0 Å². The molecule has 1 fully saturated rings. The molecule has 1 nitrogen and oxygen atoms in total. The molecule has 1 aromatic carbocycles. The van der Waals surface area contributed by atoms with Crippen LogP contribution in [0.25, 0.3) is 0 Å². The molecule has 0 saturated heterocycles. The average Bonchev–Trinajstić information content (AvgIpc) is 2.23. The van der Waals surface area contributed by atoms with E-state index in [1.807, 2.05) is 13.0 Å². The molecule has 0 aliphatic heterocycles. The Morgan fingerprint density at radius 3 is 2.87 bits per heavy atom. The van der Waals surface area contributed by atoms with Crippen molar-refractivity contribution < 1.29 is 9.50 Å². The van der Waals surface area contributed by atoms with Crippen LogP contribution < -0.4 is 0 Å². The minimum absolute atomic E-state index is 0.216. The van der Waals surface area contributed by atoms with Crippen molar-refractivity contribution in [1.29, 1.82) is 0 Å². The van der Waals surface area contributed by atoms with Crippen molar-refractivity contribution in [1.82, 2.24) is 0 Å². The van der Waals surface area contributed by atoms with Gasteiger partial charge < -0.3 is 5.11 Å². The predicted molar refractivity (Wildman–Crippen MR) is 57.9 cm³/mol. The highest BCUT2D eigenvalue weighted by atomic mass is 19.1. The number of rotatable bonds is 1. The molecule has 1 aliphatic rings. The maximum absolute atomic E-state index is 13.1. The van der Waals surface area contributed by atoms with Crippen LogP contribution in [0.2, 0.25) is 0 Å². The lowest BCUT2D eigenvalue weighted by molar-refractivity contribution is -0.0471. The van der Waals surface area contributed by atoms with E-state index in [4.69, 9.17) is 0 Å². The maximum atomic E-state index is 13.1. The van der Waals surface area contributed by atoms with E-state index in [0.717, 1.165) is 24.8 Å². The monoisotopic (exact) mass is 208 g/mol. The van der Waals surface area contributed by atoms with Crippen LogP contribution in [0.5, 0.6) is 0 Å². The average molecular weight is 208 g/mol. The molecule has 0 amide bonds. The molecule has 15 heavy (non-hydrogen) atoms.